The molecule has 0 aromatic heterocycles. The van der Waals surface area contributed by atoms with Gasteiger partial charge in [0, 0.05) is 6.04 Å². The van der Waals surface area contributed by atoms with Crippen LogP contribution >= 0.6 is 0 Å². The van der Waals surface area contributed by atoms with Gasteiger partial charge in [-0.1, -0.05) is 25.7 Å². The normalized spacial score (nSPS) is 32.6. The molecule has 0 spiro atoms. The fourth-order valence-electron chi connectivity index (χ4n) is 3.27. The van der Waals surface area contributed by atoms with Crippen molar-refractivity contribution in [3.63, 3.8) is 0 Å². The zero-order chi connectivity index (χ0) is 13.9. The first kappa shape index (κ1) is 14.8. The summed E-state index contributed by atoms with van der Waals surface area (Å²) in [6.07, 6.45) is 7.34. The lowest BCUT2D eigenvalue weighted by molar-refractivity contribution is -0.144. The van der Waals surface area contributed by atoms with Crippen molar-refractivity contribution in [1.29, 1.82) is 0 Å². The van der Waals surface area contributed by atoms with E-state index in [0.717, 1.165) is 25.7 Å². The van der Waals surface area contributed by atoms with E-state index < -0.39 is 21.3 Å². The maximum Gasteiger partial charge on any atom is 0.324 e. The van der Waals surface area contributed by atoms with Crippen LogP contribution in [0, 0.1) is 0 Å². The fourth-order valence-corrected chi connectivity index (χ4v) is 5.10. The van der Waals surface area contributed by atoms with Gasteiger partial charge in [-0.25, -0.2) is 8.42 Å². The number of aliphatic carboxylic acids is 1. The first-order chi connectivity index (χ1) is 8.94. The predicted molar refractivity (Wildman–Crippen MR) is 72.9 cm³/mol. The van der Waals surface area contributed by atoms with Crippen molar-refractivity contribution in [2.45, 2.75) is 62.9 Å². The molecule has 1 aliphatic heterocycles. The highest BCUT2D eigenvalue weighted by molar-refractivity contribution is 7.91. The molecule has 2 fully saturated rings. The van der Waals surface area contributed by atoms with E-state index in [9.17, 15) is 18.3 Å². The van der Waals surface area contributed by atoms with Crippen LogP contribution in [0.2, 0.25) is 0 Å². The number of nitrogens with one attached hydrogen (secondary N) is 1. The van der Waals surface area contributed by atoms with Crippen molar-refractivity contribution >= 4 is 15.8 Å². The van der Waals surface area contributed by atoms with Crippen LogP contribution in [-0.4, -0.2) is 42.6 Å². The van der Waals surface area contributed by atoms with Gasteiger partial charge in [-0.05, 0) is 25.7 Å². The van der Waals surface area contributed by atoms with Crippen molar-refractivity contribution in [3.05, 3.63) is 0 Å². The van der Waals surface area contributed by atoms with E-state index in [4.69, 9.17) is 0 Å². The van der Waals surface area contributed by atoms with Crippen molar-refractivity contribution in [3.8, 4) is 0 Å². The lowest BCUT2D eigenvalue weighted by atomic mass is 9.93. The molecule has 0 aromatic rings. The summed E-state index contributed by atoms with van der Waals surface area (Å²) < 4.78 is 23.6. The summed E-state index contributed by atoms with van der Waals surface area (Å²) in [6.45, 7) is 0. The predicted octanol–water partition coefficient (Wildman–Crippen LogP) is 1.33. The van der Waals surface area contributed by atoms with E-state index >= 15 is 0 Å². The van der Waals surface area contributed by atoms with Gasteiger partial charge in [-0.15, -0.1) is 0 Å². The highest BCUT2D eigenvalue weighted by atomic mass is 32.2. The van der Waals surface area contributed by atoms with Crippen LogP contribution in [0.4, 0.5) is 0 Å². The molecule has 1 unspecified atom stereocenters. The Labute approximate surface area is 114 Å². The quantitative estimate of drug-likeness (QED) is 0.766. The van der Waals surface area contributed by atoms with Crippen LogP contribution in [0.3, 0.4) is 0 Å². The Bertz CT molecular complexity index is 426. The SMILES string of the molecule is O=C(O)C1(NC2CCCCCC2)CCCS(=O)(=O)C1. The van der Waals surface area contributed by atoms with Crippen molar-refractivity contribution in [1.82, 2.24) is 5.32 Å². The van der Waals surface area contributed by atoms with Crippen molar-refractivity contribution in [2.24, 2.45) is 0 Å². The molecule has 1 atom stereocenters. The molecule has 2 rings (SSSR count). The third-order valence-electron chi connectivity index (χ3n) is 4.27. The highest BCUT2D eigenvalue weighted by Gasteiger charge is 2.46. The summed E-state index contributed by atoms with van der Waals surface area (Å²) in [5.41, 5.74) is -1.26. The summed E-state index contributed by atoms with van der Waals surface area (Å²) in [7, 11) is -3.24. The molecule has 0 radical (unpaired) electrons. The van der Waals surface area contributed by atoms with E-state index in [1.807, 2.05) is 0 Å². The molecule has 110 valence electrons. The van der Waals surface area contributed by atoms with Gasteiger partial charge in [-0.2, -0.15) is 0 Å². The average Bonchev–Trinajstić information content (AvgIpc) is 2.56. The van der Waals surface area contributed by atoms with Crippen molar-refractivity contribution < 1.29 is 18.3 Å². The Morgan fingerprint density at radius 2 is 1.74 bits per heavy atom. The third-order valence-corrected chi connectivity index (χ3v) is 6.11. The minimum atomic E-state index is -3.24. The molecule has 0 bridgehead atoms. The summed E-state index contributed by atoms with van der Waals surface area (Å²) in [4.78, 5) is 11.6. The molecule has 1 heterocycles. The number of carboxylic acid groups (broad SMARTS) is 1. The standard InChI is InChI=1S/C13H23NO4S/c15-12(16)13(8-5-9-19(17,18)10-13)14-11-6-3-1-2-4-7-11/h11,14H,1-10H2,(H,15,16). The van der Waals surface area contributed by atoms with Gasteiger partial charge in [0.25, 0.3) is 0 Å². The van der Waals surface area contributed by atoms with Crippen LogP contribution in [0.1, 0.15) is 51.4 Å². The number of hydrogen-bond donors (Lipinski definition) is 2. The smallest absolute Gasteiger partial charge is 0.324 e. The van der Waals surface area contributed by atoms with Crippen LogP contribution in [0.25, 0.3) is 0 Å². The van der Waals surface area contributed by atoms with E-state index in [-0.39, 0.29) is 17.5 Å². The van der Waals surface area contributed by atoms with Gasteiger partial charge in [-0.3, -0.25) is 10.1 Å². The first-order valence-electron chi connectivity index (χ1n) is 7.15. The lowest BCUT2D eigenvalue weighted by Crippen LogP contribution is -2.61. The second-order valence-electron chi connectivity index (χ2n) is 5.92. The van der Waals surface area contributed by atoms with Gasteiger partial charge in [0.1, 0.15) is 5.54 Å². The first-order valence-corrected chi connectivity index (χ1v) is 8.97. The Kier molecular flexibility index (Phi) is 4.50. The Morgan fingerprint density at radius 1 is 1.11 bits per heavy atom. The van der Waals surface area contributed by atoms with Crippen LogP contribution in [0.5, 0.6) is 0 Å². The molecule has 6 heteroatoms. The number of carboxylic acids is 1. The Hall–Kier alpha value is -0.620. The van der Waals surface area contributed by atoms with E-state index in [1.54, 1.807) is 0 Å². The largest absolute Gasteiger partial charge is 0.480 e. The van der Waals surface area contributed by atoms with Crippen LogP contribution < -0.4 is 5.32 Å². The second kappa shape index (κ2) is 5.79. The summed E-state index contributed by atoms with van der Waals surface area (Å²) >= 11 is 0. The zero-order valence-corrected chi connectivity index (χ0v) is 12.0. The van der Waals surface area contributed by atoms with E-state index in [1.165, 1.54) is 12.8 Å². The molecule has 1 saturated heterocycles. The molecule has 0 aromatic carbocycles. The fraction of sp³-hybridized carbons (Fsp3) is 0.923. The number of hydrogen-bond acceptors (Lipinski definition) is 4. The van der Waals surface area contributed by atoms with Gasteiger partial charge < -0.3 is 5.11 Å². The van der Waals surface area contributed by atoms with E-state index in [2.05, 4.69) is 5.32 Å². The maximum absolute atomic E-state index is 11.8. The van der Waals surface area contributed by atoms with Crippen LogP contribution in [-0.2, 0) is 14.6 Å². The van der Waals surface area contributed by atoms with Gasteiger partial charge in [0.15, 0.2) is 9.84 Å². The monoisotopic (exact) mass is 289 g/mol. The van der Waals surface area contributed by atoms with Gasteiger partial charge in [0.2, 0.25) is 0 Å². The van der Waals surface area contributed by atoms with Crippen LogP contribution in [0.15, 0.2) is 0 Å². The molecule has 1 aliphatic carbocycles. The molecule has 0 amide bonds. The van der Waals surface area contributed by atoms with Gasteiger partial charge in [0.05, 0.1) is 11.5 Å². The summed E-state index contributed by atoms with van der Waals surface area (Å²) in [6, 6.07) is 0.145. The summed E-state index contributed by atoms with van der Waals surface area (Å²) in [5, 5.41) is 12.7. The molecule has 2 N–H and O–H groups in total. The van der Waals surface area contributed by atoms with E-state index in [0.29, 0.717) is 12.8 Å². The number of sulfone groups is 1. The maximum atomic E-state index is 11.8. The third kappa shape index (κ3) is 3.69. The van der Waals surface area contributed by atoms with Gasteiger partial charge >= 0.3 is 5.97 Å². The Balaban J connectivity index is 2.12. The molecule has 1 saturated carbocycles. The molecule has 5 nitrogen and oxygen atoms in total. The number of rotatable bonds is 3. The molecule has 19 heavy (non-hydrogen) atoms. The zero-order valence-electron chi connectivity index (χ0n) is 11.2. The second-order valence-corrected chi connectivity index (χ2v) is 8.10. The average molecular weight is 289 g/mol. The minimum absolute atomic E-state index is 0.119. The minimum Gasteiger partial charge on any atom is -0.480 e. The lowest BCUT2D eigenvalue weighted by Gasteiger charge is -2.37. The molecule has 2 aliphatic rings. The Morgan fingerprint density at radius 3 is 2.26 bits per heavy atom. The van der Waals surface area contributed by atoms with Crippen molar-refractivity contribution in [2.75, 3.05) is 11.5 Å². The summed E-state index contributed by atoms with van der Waals surface area (Å²) in [5.74, 6) is -1.15. The highest BCUT2D eigenvalue weighted by Crippen LogP contribution is 2.27. The number of carbonyl (C=O) groups is 1. The molecular weight excluding hydrogens is 266 g/mol. The topological polar surface area (TPSA) is 83.5 Å². The molecular formula is C13H23NO4S.